The highest BCUT2D eigenvalue weighted by atomic mass is 35.5. The average Bonchev–Trinajstić information content (AvgIpc) is 2.79. The summed E-state index contributed by atoms with van der Waals surface area (Å²) < 4.78 is 5.23. The van der Waals surface area contributed by atoms with E-state index in [9.17, 15) is 9.59 Å². The van der Waals surface area contributed by atoms with Crippen molar-refractivity contribution < 1.29 is 14.3 Å². The zero-order valence-corrected chi connectivity index (χ0v) is 17.2. The van der Waals surface area contributed by atoms with Gasteiger partial charge in [0.1, 0.15) is 5.00 Å². The molecule has 0 fully saturated rings. The van der Waals surface area contributed by atoms with Crippen LogP contribution >= 0.6 is 34.5 Å². The van der Waals surface area contributed by atoms with Crippen molar-refractivity contribution in [3.05, 3.63) is 44.2 Å². The van der Waals surface area contributed by atoms with E-state index in [4.69, 9.17) is 27.9 Å². The Balaban J connectivity index is 1.83. The molecule has 0 aliphatic heterocycles. The molecule has 2 amide bonds. The van der Waals surface area contributed by atoms with E-state index in [0.29, 0.717) is 32.9 Å². The van der Waals surface area contributed by atoms with Crippen LogP contribution in [-0.4, -0.2) is 18.6 Å². The van der Waals surface area contributed by atoms with Crippen molar-refractivity contribution in [2.75, 3.05) is 17.2 Å². The van der Waals surface area contributed by atoms with Gasteiger partial charge in [0.05, 0.1) is 22.2 Å². The van der Waals surface area contributed by atoms with E-state index in [-0.39, 0.29) is 5.97 Å². The molecule has 0 bridgehead atoms. The van der Waals surface area contributed by atoms with Gasteiger partial charge in [0, 0.05) is 10.6 Å². The van der Waals surface area contributed by atoms with Crippen molar-refractivity contribution in [2.24, 2.45) is 0 Å². The molecule has 0 saturated heterocycles. The minimum absolute atomic E-state index is 0.290. The third kappa shape index (κ3) is 4.75. The maximum atomic E-state index is 12.5. The molecule has 2 N–H and O–H groups in total. The number of nitrogens with one attached hydrogen (secondary N) is 2. The molecule has 5 nitrogen and oxygen atoms in total. The van der Waals surface area contributed by atoms with Crippen molar-refractivity contribution in [1.29, 1.82) is 0 Å². The number of halogens is 2. The lowest BCUT2D eigenvalue weighted by molar-refractivity contribution is 0.0527. The molecular weight excluding hydrogens is 407 g/mol. The first-order chi connectivity index (χ1) is 13.0. The first-order valence-electron chi connectivity index (χ1n) is 8.84. The van der Waals surface area contributed by atoms with Gasteiger partial charge in [-0.2, -0.15) is 0 Å². The number of ether oxygens (including phenoxy) is 1. The molecule has 27 heavy (non-hydrogen) atoms. The topological polar surface area (TPSA) is 67.4 Å². The summed E-state index contributed by atoms with van der Waals surface area (Å²) in [7, 11) is 0. The van der Waals surface area contributed by atoms with Gasteiger partial charge in [-0.3, -0.25) is 5.32 Å². The second-order valence-electron chi connectivity index (χ2n) is 6.20. The summed E-state index contributed by atoms with van der Waals surface area (Å²) >= 11 is 13.3. The molecule has 8 heteroatoms. The molecule has 1 aliphatic rings. The third-order valence-corrected chi connectivity index (χ3v) is 6.25. The number of hydrogen-bond acceptors (Lipinski definition) is 4. The van der Waals surface area contributed by atoms with Gasteiger partial charge in [-0.1, -0.05) is 29.6 Å². The Hall–Kier alpha value is -1.76. The monoisotopic (exact) mass is 426 g/mol. The van der Waals surface area contributed by atoms with E-state index in [0.717, 1.165) is 42.5 Å². The minimum atomic E-state index is -0.449. The molecule has 0 unspecified atom stereocenters. The van der Waals surface area contributed by atoms with Crippen LogP contribution in [0.25, 0.3) is 0 Å². The van der Waals surface area contributed by atoms with Crippen LogP contribution in [0, 0.1) is 0 Å². The fraction of sp³-hybridized carbons (Fsp3) is 0.368. The number of thiophene rings is 1. The maximum absolute atomic E-state index is 12.5. The quantitative estimate of drug-likeness (QED) is 0.455. The molecule has 0 atom stereocenters. The molecule has 2 aromatic rings. The summed E-state index contributed by atoms with van der Waals surface area (Å²) in [6.07, 6.45) is 5.01. The van der Waals surface area contributed by atoms with Gasteiger partial charge in [0.15, 0.2) is 0 Å². The standard InChI is InChI=1S/C19H20Cl2N2O3S/c1-2-26-18(24)16-12-6-4-3-5-7-15(12)27-17(16)23-19(25)22-11-8-9-13(20)14(21)10-11/h8-10H,2-7H2,1H3,(H2,22,23,25). The van der Waals surface area contributed by atoms with Crippen molar-refractivity contribution in [3.8, 4) is 0 Å². The molecule has 1 aliphatic carbocycles. The number of rotatable bonds is 4. The lowest BCUT2D eigenvalue weighted by Gasteiger charge is -2.10. The summed E-state index contributed by atoms with van der Waals surface area (Å²) in [6, 6.07) is 4.38. The van der Waals surface area contributed by atoms with Crippen LogP contribution in [-0.2, 0) is 17.6 Å². The molecular formula is C19H20Cl2N2O3S. The second kappa shape index (κ2) is 8.95. The zero-order valence-electron chi connectivity index (χ0n) is 14.9. The predicted molar refractivity (Wildman–Crippen MR) is 111 cm³/mol. The summed E-state index contributed by atoms with van der Waals surface area (Å²) in [5, 5.41) is 6.80. The number of benzene rings is 1. The van der Waals surface area contributed by atoms with Crippen LogP contribution in [0.4, 0.5) is 15.5 Å². The van der Waals surface area contributed by atoms with Crippen molar-refractivity contribution in [2.45, 2.75) is 39.0 Å². The second-order valence-corrected chi connectivity index (χ2v) is 8.12. The van der Waals surface area contributed by atoms with Gasteiger partial charge in [-0.05, 0) is 56.4 Å². The van der Waals surface area contributed by atoms with Crippen LogP contribution in [0.1, 0.15) is 47.0 Å². The number of urea groups is 1. The van der Waals surface area contributed by atoms with E-state index in [1.807, 2.05) is 0 Å². The Labute approximate surface area is 172 Å². The molecule has 1 aromatic carbocycles. The van der Waals surface area contributed by atoms with Crippen LogP contribution in [0.2, 0.25) is 10.0 Å². The summed E-state index contributed by atoms with van der Waals surface area (Å²) in [5.41, 5.74) is 2.02. The first-order valence-corrected chi connectivity index (χ1v) is 10.4. The van der Waals surface area contributed by atoms with E-state index < -0.39 is 6.03 Å². The Bertz CT molecular complexity index is 867. The highest BCUT2D eigenvalue weighted by molar-refractivity contribution is 7.17. The Morgan fingerprint density at radius 1 is 1.11 bits per heavy atom. The van der Waals surface area contributed by atoms with E-state index >= 15 is 0 Å². The first kappa shape index (κ1) is 20.0. The van der Waals surface area contributed by atoms with Gasteiger partial charge in [0.25, 0.3) is 0 Å². The number of anilines is 2. The average molecular weight is 427 g/mol. The van der Waals surface area contributed by atoms with E-state index in [1.54, 1.807) is 25.1 Å². The summed E-state index contributed by atoms with van der Waals surface area (Å²) in [6.45, 7) is 2.06. The fourth-order valence-electron chi connectivity index (χ4n) is 3.09. The summed E-state index contributed by atoms with van der Waals surface area (Å²) in [5.74, 6) is -0.387. The zero-order chi connectivity index (χ0) is 19.4. The van der Waals surface area contributed by atoms with Crippen molar-refractivity contribution in [1.82, 2.24) is 0 Å². The van der Waals surface area contributed by atoms with Crippen molar-refractivity contribution in [3.63, 3.8) is 0 Å². The molecule has 144 valence electrons. The van der Waals surface area contributed by atoms with Gasteiger partial charge < -0.3 is 10.1 Å². The normalized spacial score (nSPS) is 13.4. The molecule has 3 rings (SSSR count). The van der Waals surface area contributed by atoms with Crippen LogP contribution in [0.3, 0.4) is 0 Å². The molecule has 0 radical (unpaired) electrons. The minimum Gasteiger partial charge on any atom is -0.462 e. The SMILES string of the molecule is CCOC(=O)c1c(NC(=O)Nc2ccc(Cl)c(Cl)c2)sc2c1CCCCC2. The van der Waals surface area contributed by atoms with Gasteiger partial charge in [-0.15, -0.1) is 11.3 Å². The number of carbonyl (C=O) groups excluding carboxylic acids is 2. The van der Waals surface area contributed by atoms with E-state index in [1.165, 1.54) is 11.3 Å². The maximum Gasteiger partial charge on any atom is 0.341 e. The van der Waals surface area contributed by atoms with Gasteiger partial charge in [-0.25, -0.2) is 9.59 Å². The van der Waals surface area contributed by atoms with Crippen LogP contribution in [0.15, 0.2) is 18.2 Å². The van der Waals surface area contributed by atoms with Crippen LogP contribution in [0.5, 0.6) is 0 Å². The smallest absolute Gasteiger partial charge is 0.341 e. The van der Waals surface area contributed by atoms with Crippen LogP contribution < -0.4 is 10.6 Å². The Morgan fingerprint density at radius 3 is 2.63 bits per heavy atom. The number of aryl methyl sites for hydroxylation is 1. The number of fused-ring (bicyclic) bond motifs is 1. The number of amides is 2. The largest absolute Gasteiger partial charge is 0.462 e. The summed E-state index contributed by atoms with van der Waals surface area (Å²) in [4.78, 5) is 26.1. The number of esters is 1. The number of hydrogen-bond donors (Lipinski definition) is 2. The molecule has 1 aromatic heterocycles. The number of carbonyl (C=O) groups is 2. The van der Waals surface area contributed by atoms with Gasteiger partial charge in [0.2, 0.25) is 0 Å². The third-order valence-electron chi connectivity index (χ3n) is 4.31. The van der Waals surface area contributed by atoms with Gasteiger partial charge >= 0.3 is 12.0 Å². The lowest BCUT2D eigenvalue weighted by Crippen LogP contribution is -2.20. The predicted octanol–water partition coefficient (Wildman–Crippen LogP) is 6.14. The lowest BCUT2D eigenvalue weighted by atomic mass is 10.1. The molecule has 1 heterocycles. The highest BCUT2D eigenvalue weighted by Crippen LogP contribution is 2.38. The Morgan fingerprint density at radius 2 is 1.89 bits per heavy atom. The van der Waals surface area contributed by atoms with E-state index in [2.05, 4.69) is 10.6 Å². The molecule has 0 spiro atoms. The molecule has 0 saturated carbocycles. The highest BCUT2D eigenvalue weighted by Gasteiger charge is 2.26. The Kier molecular flexibility index (Phi) is 6.63. The fourth-order valence-corrected chi connectivity index (χ4v) is 4.66. The van der Waals surface area contributed by atoms with Crippen molar-refractivity contribution >= 4 is 57.2 Å².